The third-order valence-electron chi connectivity index (χ3n) is 1.62. The largest absolute Gasteiger partial charge is 0.317 e. The van der Waals surface area contributed by atoms with E-state index in [9.17, 15) is 0 Å². The Morgan fingerprint density at radius 3 is 2.60 bits per heavy atom. The minimum Gasteiger partial charge on any atom is -0.317 e. The summed E-state index contributed by atoms with van der Waals surface area (Å²) in [5.41, 5.74) is 1.50. The minimum absolute atomic E-state index is 1.08. The molecule has 0 atom stereocenters. The van der Waals surface area contributed by atoms with Crippen molar-refractivity contribution in [3.05, 3.63) is 11.6 Å². The van der Waals surface area contributed by atoms with E-state index in [1.165, 1.54) is 18.4 Å². The van der Waals surface area contributed by atoms with Gasteiger partial charge < -0.3 is 5.32 Å². The number of hydrogen-bond donors (Lipinski definition) is 1. The van der Waals surface area contributed by atoms with Crippen LogP contribution in [0.2, 0.25) is 0 Å². The summed E-state index contributed by atoms with van der Waals surface area (Å²) in [5.74, 6) is 0. The molecule has 1 N–H and O–H groups in total. The van der Waals surface area contributed by atoms with E-state index in [0.29, 0.717) is 0 Å². The highest BCUT2D eigenvalue weighted by atomic mass is 14.8. The molecular formula is C9H19N. The van der Waals surface area contributed by atoms with Crippen LogP contribution in [0, 0.1) is 0 Å². The van der Waals surface area contributed by atoms with E-state index in [1.807, 2.05) is 0 Å². The molecule has 1 heteroatoms. The third-order valence-corrected chi connectivity index (χ3v) is 1.62. The van der Waals surface area contributed by atoms with Crippen molar-refractivity contribution >= 4 is 0 Å². The van der Waals surface area contributed by atoms with Crippen molar-refractivity contribution in [3.8, 4) is 0 Å². The predicted octanol–water partition coefficient (Wildman–Crippen LogP) is 2.34. The molecule has 0 aliphatic carbocycles. The molecule has 0 aromatic rings. The molecule has 0 aromatic heterocycles. The van der Waals surface area contributed by atoms with Crippen molar-refractivity contribution in [2.75, 3.05) is 13.1 Å². The number of allylic oxidation sites excluding steroid dienone is 1. The van der Waals surface area contributed by atoms with Crippen LogP contribution >= 0.6 is 0 Å². The van der Waals surface area contributed by atoms with Gasteiger partial charge in [0.15, 0.2) is 0 Å². The Balaban J connectivity index is 3.16. The highest BCUT2D eigenvalue weighted by molar-refractivity contribution is 4.96. The first-order valence-electron chi connectivity index (χ1n) is 4.17. The first-order chi connectivity index (χ1) is 4.81. The summed E-state index contributed by atoms with van der Waals surface area (Å²) in [4.78, 5) is 0. The molecule has 0 aliphatic rings. The second-order valence-corrected chi connectivity index (χ2v) is 2.55. The van der Waals surface area contributed by atoms with Gasteiger partial charge in [-0.15, -0.1) is 0 Å². The molecule has 60 valence electrons. The van der Waals surface area contributed by atoms with Gasteiger partial charge in [-0.2, -0.15) is 0 Å². The number of nitrogens with one attached hydrogen (secondary N) is 1. The fourth-order valence-electron chi connectivity index (χ4n) is 0.742. The van der Waals surface area contributed by atoms with E-state index < -0.39 is 0 Å². The average Bonchev–Trinajstić information content (AvgIpc) is 1.98. The van der Waals surface area contributed by atoms with Gasteiger partial charge in [0, 0.05) is 0 Å². The first kappa shape index (κ1) is 9.70. The van der Waals surface area contributed by atoms with E-state index in [4.69, 9.17) is 0 Å². The van der Waals surface area contributed by atoms with Gasteiger partial charge in [-0.05, 0) is 32.9 Å². The highest BCUT2D eigenvalue weighted by Crippen LogP contribution is 1.98. The standard InChI is InChI=1S/C9H19N/c1-4-9(3)7-6-8-10-5-2/h7,10H,4-6,8H2,1-3H3/b9-7-. The van der Waals surface area contributed by atoms with Crippen LogP contribution in [-0.4, -0.2) is 13.1 Å². The monoisotopic (exact) mass is 141 g/mol. The summed E-state index contributed by atoms with van der Waals surface area (Å²) in [6.07, 6.45) is 4.67. The fraction of sp³-hybridized carbons (Fsp3) is 0.778. The molecule has 0 fully saturated rings. The molecule has 0 aliphatic heterocycles. The summed E-state index contributed by atoms with van der Waals surface area (Å²) < 4.78 is 0. The summed E-state index contributed by atoms with van der Waals surface area (Å²) in [7, 11) is 0. The Bertz CT molecular complexity index is 94.9. The first-order valence-corrected chi connectivity index (χ1v) is 4.17. The average molecular weight is 141 g/mol. The maximum absolute atomic E-state index is 3.28. The number of hydrogen-bond acceptors (Lipinski definition) is 1. The zero-order chi connectivity index (χ0) is 7.82. The summed E-state index contributed by atoms with van der Waals surface area (Å²) >= 11 is 0. The zero-order valence-electron chi connectivity index (χ0n) is 7.41. The summed E-state index contributed by atoms with van der Waals surface area (Å²) in [6.45, 7) is 8.72. The highest BCUT2D eigenvalue weighted by Gasteiger charge is 1.83. The molecule has 0 rings (SSSR count). The van der Waals surface area contributed by atoms with Gasteiger partial charge in [-0.25, -0.2) is 0 Å². The Labute approximate surface area is 64.5 Å². The SMILES string of the molecule is CCNCC/C=C(/C)CC. The molecule has 1 nitrogen and oxygen atoms in total. The molecule has 0 bridgehead atoms. The summed E-state index contributed by atoms with van der Waals surface area (Å²) in [6, 6.07) is 0. The molecule has 0 spiro atoms. The normalized spacial score (nSPS) is 12.1. The second-order valence-electron chi connectivity index (χ2n) is 2.55. The molecule has 0 aromatic carbocycles. The van der Waals surface area contributed by atoms with Crippen molar-refractivity contribution in [1.82, 2.24) is 5.32 Å². The van der Waals surface area contributed by atoms with Crippen LogP contribution in [0.3, 0.4) is 0 Å². The van der Waals surface area contributed by atoms with Crippen LogP contribution in [0.1, 0.15) is 33.6 Å². The van der Waals surface area contributed by atoms with Crippen molar-refractivity contribution in [1.29, 1.82) is 0 Å². The van der Waals surface area contributed by atoms with Gasteiger partial charge >= 0.3 is 0 Å². The molecule has 0 amide bonds. The zero-order valence-corrected chi connectivity index (χ0v) is 7.41. The molecule has 0 heterocycles. The molecule has 0 radical (unpaired) electrons. The second kappa shape index (κ2) is 6.81. The van der Waals surface area contributed by atoms with Crippen LogP contribution < -0.4 is 5.32 Å². The van der Waals surface area contributed by atoms with Gasteiger partial charge in [-0.1, -0.05) is 25.5 Å². The number of rotatable bonds is 5. The maximum Gasteiger partial charge on any atom is -0.00143 e. The lowest BCUT2D eigenvalue weighted by atomic mass is 10.2. The van der Waals surface area contributed by atoms with Crippen LogP contribution in [0.4, 0.5) is 0 Å². The fourth-order valence-corrected chi connectivity index (χ4v) is 0.742. The predicted molar refractivity (Wildman–Crippen MR) is 47.2 cm³/mol. The van der Waals surface area contributed by atoms with Crippen LogP contribution in [0.25, 0.3) is 0 Å². The maximum atomic E-state index is 3.28. The third kappa shape index (κ3) is 5.83. The summed E-state index contributed by atoms with van der Waals surface area (Å²) in [5, 5.41) is 3.28. The van der Waals surface area contributed by atoms with Gasteiger partial charge in [0.1, 0.15) is 0 Å². The quantitative estimate of drug-likeness (QED) is 0.458. The van der Waals surface area contributed by atoms with Gasteiger partial charge in [0.05, 0.1) is 0 Å². The van der Waals surface area contributed by atoms with Crippen LogP contribution in [0.15, 0.2) is 11.6 Å². The van der Waals surface area contributed by atoms with Crippen LogP contribution in [0.5, 0.6) is 0 Å². The van der Waals surface area contributed by atoms with E-state index in [-0.39, 0.29) is 0 Å². The van der Waals surface area contributed by atoms with Gasteiger partial charge in [-0.3, -0.25) is 0 Å². The molecular weight excluding hydrogens is 122 g/mol. The molecule has 10 heavy (non-hydrogen) atoms. The molecule has 0 saturated heterocycles. The lowest BCUT2D eigenvalue weighted by molar-refractivity contribution is 0.724. The van der Waals surface area contributed by atoms with Crippen molar-refractivity contribution < 1.29 is 0 Å². The van der Waals surface area contributed by atoms with Crippen molar-refractivity contribution in [3.63, 3.8) is 0 Å². The Morgan fingerprint density at radius 2 is 2.10 bits per heavy atom. The van der Waals surface area contributed by atoms with E-state index in [1.54, 1.807) is 0 Å². The Hall–Kier alpha value is -0.300. The van der Waals surface area contributed by atoms with E-state index in [0.717, 1.165) is 13.1 Å². The smallest absolute Gasteiger partial charge is 0.00143 e. The topological polar surface area (TPSA) is 12.0 Å². The lowest BCUT2D eigenvalue weighted by Gasteiger charge is -1.97. The van der Waals surface area contributed by atoms with E-state index in [2.05, 4.69) is 32.2 Å². The van der Waals surface area contributed by atoms with Crippen LogP contribution in [-0.2, 0) is 0 Å². The minimum atomic E-state index is 1.08. The van der Waals surface area contributed by atoms with E-state index >= 15 is 0 Å². The molecule has 0 unspecified atom stereocenters. The van der Waals surface area contributed by atoms with Crippen molar-refractivity contribution in [2.45, 2.75) is 33.6 Å². The molecule has 0 saturated carbocycles. The van der Waals surface area contributed by atoms with Gasteiger partial charge in [0.2, 0.25) is 0 Å². The van der Waals surface area contributed by atoms with Crippen molar-refractivity contribution in [2.24, 2.45) is 0 Å². The van der Waals surface area contributed by atoms with Gasteiger partial charge in [0.25, 0.3) is 0 Å². The Morgan fingerprint density at radius 1 is 1.40 bits per heavy atom. The lowest BCUT2D eigenvalue weighted by Crippen LogP contribution is -2.13. The Kier molecular flexibility index (Phi) is 6.61.